The van der Waals surface area contributed by atoms with Crippen molar-refractivity contribution in [1.82, 2.24) is 0 Å². The standard InChI is InChI=1S/C6H12O/c1-3-4-5-6(2)7/h4-7H,3H2,1-2H3/b5-4-/t6-/m0/s1. The molecule has 0 unspecified atom stereocenters. The summed E-state index contributed by atoms with van der Waals surface area (Å²) in [6.45, 7) is 3.78. The summed E-state index contributed by atoms with van der Waals surface area (Å²) in [5, 5.41) is 8.60. The Bertz CT molecular complexity index is 55.2. The number of hydrogen-bond acceptors (Lipinski definition) is 1. The van der Waals surface area contributed by atoms with Crippen LogP contribution in [0.5, 0.6) is 0 Å². The van der Waals surface area contributed by atoms with E-state index in [0.717, 1.165) is 6.42 Å². The number of aliphatic hydroxyl groups excluding tert-OH is 1. The molecule has 1 atom stereocenters. The maximum atomic E-state index is 8.60. The molecule has 0 spiro atoms. The van der Waals surface area contributed by atoms with Gasteiger partial charge in [0.1, 0.15) is 0 Å². The fraction of sp³-hybridized carbons (Fsp3) is 0.667. The van der Waals surface area contributed by atoms with Gasteiger partial charge in [0.25, 0.3) is 0 Å². The second-order valence-electron chi connectivity index (χ2n) is 1.58. The van der Waals surface area contributed by atoms with Crippen molar-refractivity contribution in [2.45, 2.75) is 26.4 Å². The molecule has 1 heteroatoms. The Balaban J connectivity index is 3.08. The van der Waals surface area contributed by atoms with Gasteiger partial charge < -0.3 is 5.11 Å². The minimum absolute atomic E-state index is 0.278. The molecule has 0 heterocycles. The zero-order valence-electron chi connectivity index (χ0n) is 4.89. The summed E-state index contributed by atoms with van der Waals surface area (Å²) in [6.07, 6.45) is 4.45. The third-order valence-electron chi connectivity index (χ3n) is 0.650. The molecule has 1 nitrogen and oxygen atoms in total. The highest BCUT2D eigenvalue weighted by Gasteiger charge is 1.79. The Morgan fingerprint density at radius 3 is 2.43 bits per heavy atom. The highest BCUT2D eigenvalue weighted by Crippen LogP contribution is 1.84. The Morgan fingerprint density at radius 1 is 1.71 bits per heavy atom. The molecule has 0 saturated carbocycles. The normalized spacial score (nSPS) is 15.3. The second-order valence-corrected chi connectivity index (χ2v) is 1.58. The highest BCUT2D eigenvalue weighted by molar-refractivity contribution is 4.84. The van der Waals surface area contributed by atoms with Crippen LogP contribution in [0.4, 0.5) is 0 Å². The summed E-state index contributed by atoms with van der Waals surface area (Å²) in [4.78, 5) is 0. The third kappa shape index (κ3) is 5.70. The van der Waals surface area contributed by atoms with E-state index in [4.69, 9.17) is 5.11 Å². The highest BCUT2D eigenvalue weighted by atomic mass is 16.3. The second kappa shape index (κ2) is 3.88. The molecule has 0 bridgehead atoms. The van der Waals surface area contributed by atoms with Crippen LogP contribution in [0.1, 0.15) is 20.3 Å². The molecule has 42 valence electrons. The predicted molar refractivity (Wildman–Crippen MR) is 31.1 cm³/mol. The summed E-state index contributed by atoms with van der Waals surface area (Å²) < 4.78 is 0. The molecule has 0 aromatic heterocycles. The van der Waals surface area contributed by atoms with Crippen molar-refractivity contribution in [3.05, 3.63) is 12.2 Å². The Kier molecular flexibility index (Phi) is 3.71. The van der Waals surface area contributed by atoms with E-state index in [1.807, 2.05) is 13.0 Å². The summed E-state index contributed by atoms with van der Waals surface area (Å²) in [5.41, 5.74) is 0. The molecule has 0 aromatic rings. The van der Waals surface area contributed by atoms with Gasteiger partial charge >= 0.3 is 0 Å². The molecular weight excluding hydrogens is 88.1 g/mol. The largest absolute Gasteiger partial charge is 0.389 e. The number of aliphatic hydroxyl groups is 1. The lowest BCUT2D eigenvalue weighted by atomic mass is 10.3. The minimum atomic E-state index is -0.278. The van der Waals surface area contributed by atoms with Crippen LogP contribution in [0.2, 0.25) is 0 Å². The van der Waals surface area contributed by atoms with Gasteiger partial charge in [0.2, 0.25) is 0 Å². The van der Waals surface area contributed by atoms with Crippen molar-refractivity contribution < 1.29 is 5.11 Å². The van der Waals surface area contributed by atoms with Gasteiger partial charge in [-0.15, -0.1) is 0 Å². The molecule has 0 saturated heterocycles. The lowest BCUT2D eigenvalue weighted by Crippen LogP contribution is -1.90. The third-order valence-corrected chi connectivity index (χ3v) is 0.650. The van der Waals surface area contributed by atoms with Gasteiger partial charge in [-0.1, -0.05) is 19.1 Å². The molecular formula is C6H12O. The van der Waals surface area contributed by atoms with Gasteiger partial charge in [0.05, 0.1) is 6.10 Å². The zero-order chi connectivity index (χ0) is 5.70. The monoisotopic (exact) mass is 100 g/mol. The van der Waals surface area contributed by atoms with E-state index >= 15 is 0 Å². The van der Waals surface area contributed by atoms with Crippen LogP contribution in [0, 0.1) is 0 Å². The van der Waals surface area contributed by atoms with E-state index < -0.39 is 0 Å². The first kappa shape index (κ1) is 6.70. The average molecular weight is 100 g/mol. The summed E-state index contributed by atoms with van der Waals surface area (Å²) in [6, 6.07) is 0. The van der Waals surface area contributed by atoms with E-state index in [0.29, 0.717) is 0 Å². The van der Waals surface area contributed by atoms with Gasteiger partial charge in [0, 0.05) is 0 Å². The molecule has 0 aliphatic rings. The van der Waals surface area contributed by atoms with Crippen LogP contribution in [-0.2, 0) is 0 Å². The van der Waals surface area contributed by atoms with Gasteiger partial charge in [-0.3, -0.25) is 0 Å². The summed E-state index contributed by atoms with van der Waals surface area (Å²) in [5.74, 6) is 0. The first-order valence-corrected chi connectivity index (χ1v) is 2.62. The first-order valence-electron chi connectivity index (χ1n) is 2.62. The molecule has 0 aromatic carbocycles. The van der Waals surface area contributed by atoms with E-state index in [1.54, 1.807) is 13.0 Å². The van der Waals surface area contributed by atoms with Crippen molar-refractivity contribution >= 4 is 0 Å². The van der Waals surface area contributed by atoms with Crippen LogP contribution >= 0.6 is 0 Å². The smallest absolute Gasteiger partial charge is 0.0692 e. The Hall–Kier alpha value is -0.300. The summed E-state index contributed by atoms with van der Waals surface area (Å²) >= 11 is 0. The lowest BCUT2D eigenvalue weighted by Gasteiger charge is -1.88. The molecule has 0 aliphatic carbocycles. The maximum Gasteiger partial charge on any atom is 0.0692 e. The Morgan fingerprint density at radius 2 is 2.29 bits per heavy atom. The predicted octanol–water partition coefficient (Wildman–Crippen LogP) is 1.33. The molecule has 0 aliphatic heterocycles. The maximum absolute atomic E-state index is 8.60. The minimum Gasteiger partial charge on any atom is -0.389 e. The van der Waals surface area contributed by atoms with Crippen LogP contribution < -0.4 is 0 Å². The van der Waals surface area contributed by atoms with Crippen LogP contribution in [0.15, 0.2) is 12.2 Å². The number of hydrogen-bond donors (Lipinski definition) is 1. The van der Waals surface area contributed by atoms with Crippen molar-refractivity contribution in [2.75, 3.05) is 0 Å². The van der Waals surface area contributed by atoms with E-state index in [2.05, 4.69) is 0 Å². The molecule has 0 rings (SSSR count). The van der Waals surface area contributed by atoms with Gasteiger partial charge in [0.15, 0.2) is 0 Å². The van der Waals surface area contributed by atoms with Gasteiger partial charge in [-0.2, -0.15) is 0 Å². The van der Waals surface area contributed by atoms with Crippen molar-refractivity contribution in [3.8, 4) is 0 Å². The molecule has 0 fully saturated rings. The fourth-order valence-corrected chi connectivity index (χ4v) is 0.333. The van der Waals surface area contributed by atoms with Crippen molar-refractivity contribution in [1.29, 1.82) is 0 Å². The molecule has 0 radical (unpaired) electrons. The zero-order valence-corrected chi connectivity index (χ0v) is 4.89. The van der Waals surface area contributed by atoms with E-state index in [-0.39, 0.29) is 6.10 Å². The first-order chi connectivity index (χ1) is 3.27. The quantitative estimate of drug-likeness (QED) is 0.519. The van der Waals surface area contributed by atoms with Crippen molar-refractivity contribution in [3.63, 3.8) is 0 Å². The number of allylic oxidation sites excluding steroid dienone is 1. The van der Waals surface area contributed by atoms with Gasteiger partial charge in [-0.05, 0) is 13.3 Å². The molecule has 7 heavy (non-hydrogen) atoms. The SMILES string of the molecule is CC/C=C\[C@H](C)O. The number of rotatable bonds is 2. The Labute approximate surface area is 44.7 Å². The molecule has 1 N–H and O–H groups in total. The molecule has 0 amide bonds. The van der Waals surface area contributed by atoms with E-state index in [9.17, 15) is 0 Å². The van der Waals surface area contributed by atoms with Crippen LogP contribution in [0.3, 0.4) is 0 Å². The topological polar surface area (TPSA) is 20.2 Å². The van der Waals surface area contributed by atoms with Crippen LogP contribution in [0.25, 0.3) is 0 Å². The average Bonchev–Trinajstić information content (AvgIpc) is 1.61. The van der Waals surface area contributed by atoms with Crippen molar-refractivity contribution in [2.24, 2.45) is 0 Å². The van der Waals surface area contributed by atoms with E-state index in [1.165, 1.54) is 0 Å². The fourth-order valence-electron chi connectivity index (χ4n) is 0.333. The summed E-state index contributed by atoms with van der Waals surface area (Å²) in [7, 11) is 0. The van der Waals surface area contributed by atoms with Crippen LogP contribution in [-0.4, -0.2) is 11.2 Å². The van der Waals surface area contributed by atoms with Gasteiger partial charge in [-0.25, -0.2) is 0 Å². The lowest BCUT2D eigenvalue weighted by molar-refractivity contribution is 0.244.